The molecule has 0 aromatic rings. The molecule has 0 fully saturated rings. The fraction of sp³-hybridized carbons (Fsp3) is 0.727. The molecule has 0 aliphatic rings. The predicted octanol–water partition coefficient (Wildman–Crippen LogP) is 0.795. The average molecular weight is 244 g/mol. The molecule has 0 bridgehead atoms. The molecule has 0 aromatic heterocycles. The second-order valence-corrected chi connectivity index (χ2v) is 4.26. The van der Waals surface area contributed by atoms with Crippen LogP contribution in [0.15, 0.2) is 0 Å². The van der Waals surface area contributed by atoms with Crippen LogP contribution in [0.2, 0.25) is 0 Å². The first-order valence-corrected chi connectivity index (χ1v) is 5.60. The lowest BCUT2D eigenvalue weighted by atomic mass is 10.1. The molecule has 3 amide bonds. The Hall–Kier alpha value is -1.59. The summed E-state index contributed by atoms with van der Waals surface area (Å²) in [5.41, 5.74) is 4.84. The topological polar surface area (TPSA) is 98.5 Å². The van der Waals surface area contributed by atoms with Gasteiger partial charge in [0.05, 0.1) is 5.92 Å². The summed E-state index contributed by atoms with van der Waals surface area (Å²) in [6.07, 6.45) is -0.370. The smallest absolute Gasteiger partial charge is 0.318 e. The molecule has 0 saturated heterocycles. The van der Waals surface area contributed by atoms with Crippen LogP contribution in [0.3, 0.4) is 0 Å². The van der Waals surface area contributed by atoms with Gasteiger partial charge in [0.2, 0.25) is 0 Å². The molecule has 6 heteroatoms. The first kappa shape index (κ1) is 15.4. The quantitative estimate of drug-likeness (QED) is 0.698. The number of rotatable bonds is 5. The maximum Gasteiger partial charge on any atom is 0.318 e. The molecule has 98 valence electrons. The SMILES string of the molecule is CC[C@H](C)C(=O)O[C@H](C(=O)NC(N)=O)C(C)C. The van der Waals surface area contributed by atoms with Crippen LogP contribution in [0.4, 0.5) is 4.79 Å². The molecule has 0 aromatic carbocycles. The number of hydrogen-bond acceptors (Lipinski definition) is 4. The van der Waals surface area contributed by atoms with Gasteiger partial charge in [0.15, 0.2) is 6.10 Å². The summed E-state index contributed by atoms with van der Waals surface area (Å²) in [5, 5.41) is 1.91. The first-order chi connectivity index (χ1) is 7.79. The Labute approximate surface area is 101 Å². The minimum Gasteiger partial charge on any atom is -0.452 e. The van der Waals surface area contributed by atoms with E-state index in [1.807, 2.05) is 12.2 Å². The number of primary amides is 1. The molecule has 0 rings (SSSR count). The van der Waals surface area contributed by atoms with Crippen molar-refractivity contribution >= 4 is 17.9 Å². The van der Waals surface area contributed by atoms with Crippen LogP contribution in [0.25, 0.3) is 0 Å². The van der Waals surface area contributed by atoms with E-state index in [1.165, 1.54) is 0 Å². The number of amides is 3. The van der Waals surface area contributed by atoms with Gasteiger partial charge in [0.1, 0.15) is 0 Å². The van der Waals surface area contributed by atoms with Crippen molar-refractivity contribution in [1.82, 2.24) is 5.32 Å². The highest BCUT2D eigenvalue weighted by Gasteiger charge is 2.28. The minimum absolute atomic E-state index is 0.234. The Balaban J connectivity index is 4.59. The number of nitrogens with one attached hydrogen (secondary N) is 1. The van der Waals surface area contributed by atoms with Crippen molar-refractivity contribution < 1.29 is 19.1 Å². The summed E-state index contributed by atoms with van der Waals surface area (Å²) in [4.78, 5) is 33.7. The normalized spacial score (nSPS) is 13.9. The lowest BCUT2D eigenvalue weighted by molar-refractivity contribution is -0.161. The Morgan fingerprint density at radius 3 is 2.12 bits per heavy atom. The van der Waals surface area contributed by atoms with Crippen molar-refractivity contribution in [2.24, 2.45) is 17.6 Å². The van der Waals surface area contributed by atoms with Crippen molar-refractivity contribution in [1.29, 1.82) is 0 Å². The number of esters is 1. The maximum atomic E-state index is 11.6. The third-order valence-corrected chi connectivity index (χ3v) is 2.37. The number of nitrogens with two attached hydrogens (primary N) is 1. The zero-order chi connectivity index (χ0) is 13.6. The molecule has 0 saturated carbocycles. The van der Waals surface area contributed by atoms with Crippen molar-refractivity contribution in [3.8, 4) is 0 Å². The number of carbonyl (C=O) groups is 3. The predicted molar refractivity (Wildman–Crippen MR) is 61.9 cm³/mol. The summed E-state index contributed by atoms with van der Waals surface area (Å²) in [6, 6.07) is -0.958. The first-order valence-electron chi connectivity index (χ1n) is 5.60. The maximum absolute atomic E-state index is 11.6. The van der Waals surface area contributed by atoms with Gasteiger partial charge >= 0.3 is 12.0 Å². The highest BCUT2D eigenvalue weighted by molar-refractivity contribution is 5.96. The molecule has 17 heavy (non-hydrogen) atoms. The van der Waals surface area contributed by atoms with Gasteiger partial charge in [0.25, 0.3) is 5.91 Å². The van der Waals surface area contributed by atoms with Crippen LogP contribution in [-0.2, 0) is 14.3 Å². The number of ether oxygens (including phenoxy) is 1. The van der Waals surface area contributed by atoms with Crippen LogP contribution in [0.5, 0.6) is 0 Å². The lowest BCUT2D eigenvalue weighted by Gasteiger charge is -2.21. The number of carbonyl (C=O) groups excluding carboxylic acids is 3. The van der Waals surface area contributed by atoms with Gasteiger partial charge in [-0.2, -0.15) is 0 Å². The van der Waals surface area contributed by atoms with E-state index in [0.29, 0.717) is 6.42 Å². The van der Waals surface area contributed by atoms with Crippen LogP contribution in [0, 0.1) is 11.8 Å². The fourth-order valence-corrected chi connectivity index (χ4v) is 1.09. The summed E-state index contributed by atoms with van der Waals surface area (Å²) in [5.74, 6) is -1.66. The Morgan fingerprint density at radius 1 is 1.24 bits per heavy atom. The molecule has 2 atom stereocenters. The van der Waals surface area contributed by atoms with E-state index in [-0.39, 0.29) is 11.8 Å². The van der Waals surface area contributed by atoms with E-state index >= 15 is 0 Å². The third-order valence-electron chi connectivity index (χ3n) is 2.37. The Kier molecular flexibility index (Phi) is 6.23. The summed E-state index contributed by atoms with van der Waals surface area (Å²) >= 11 is 0. The summed E-state index contributed by atoms with van der Waals surface area (Å²) in [7, 11) is 0. The van der Waals surface area contributed by atoms with E-state index in [2.05, 4.69) is 0 Å². The molecular weight excluding hydrogens is 224 g/mol. The zero-order valence-electron chi connectivity index (χ0n) is 10.6. The summed E-state index contributed by atoms with van der Waals surface area (Å²) < 4.78 is 5.07. The van der Waals surface area contributed by atoms with E-state index in [4.69, 9.17) is 10.5 Å². The van der Waals surface area contributed by atoms with E-state index in [1.54, 1.807) is 20.8 Å². The molecule has 0 aliphatic carbocycles. The van der Waals surface area contributed by atoms with Gasteiger partial charge in [0, 0.05) is 0 Å². The number of imide groups is 1. The molecule has 0 heterocycles. The molecular formula is C11H20N2O4. The van der Waals surface area contributed by atoms with Crippen LogP contribution in [0.1, 0.15) is 34.1 Å². The van der Waals surface area contributed by atoms with Crippen molar-refractivity contribution in [3.05, 3.63) is 0 Å². The molecule has 6 nitrogen and oxygen atoms in total. The largest absolute Gasteiger partial charge is 0.452 e. The van der Waals surface area contributed by atoms with Gasteiger partial charge in [-0.15, -0.1) is 0 Å². The monoisotopic (exact) mass is 244 g/mol. The van der Waals surface area contributed by atoms with Crippen LogP contribution < -0.4 is 11.1 Å². The van der Waals surface area contributed by atoms with Gasteiger partial charge in [-0.05, 0) is 12.3 Å². The fourth-order valence-electron chi connectivity index (χ4n) is 1.09. The second kappa shape index (κ2) is 6.88. The van der Waals surface area contributed by atoms with Crippen molar-refractivity contribution in [2.45, 2.75) is 40.2 Å². The Morgan fingerprint density at radius 2 is 1.76 bits per heavy atom. The third kappa shape index (κ3) is 5.33. The van der Waals surface area contributed by atoms with Crippen LogP contribution in [-0.4, -0.2) is 24.0 Å². The number of hydrogen-bond donors (Lipinski definition) is 2. The number of urea groups is 1. The molecule has 3 N–H and O–H groups in total. The highest BCUT2D eigenvalue weighted by atomic mass is 16.5. The summed E-state index contributed by atoms with van der Waals surface area (Å²) in [6.45, 7) is 7.00. The van der Waals surface area contributed by atoms with E-state index in [0.717, 1.165) is 0 Å². The van der Waals surface area contributed by atoms with E-state index in [9.17, 15) is 14.4 Å². The molecule has 0 aliphatic heterocycles. The standard InChI is InChI=1S/C11H20N2O4/c1-5-7(4)10(15)17-8(6(2)3)9(14)13-11(12)16/h6-8H,5H2,1-4H3,(H3,12,13,14,16)/t7-,8-/m0/s1. The second-order valence-electron chi connectivity index (χ2n) is 4.26. The van der Waals surface area contributed by atoms with Crippen LogP contribution >= 0.6 is 0 Å². The Bertz CT molecular complexity index is 302. The highest BCUT2D eigenvalue weighted by Crippen LogP contribution is 2.12. The lowest BCUT2D eigenvalue weighted by Crippen LogP contribution is -2.46. The zero-order valence-corrected chi connectivity index (χ0v) is 10.6. The average Bonchev–Trinajstić information content (AvgIpc) is 2.22. The van der Waals surface area contributed by atoms with Gasteiger partial charge in [-0.3, -0.25) is 14.9 Å². The van der Waals surface area contributed by atoms with Crippen molar-refractivity contribution in [3.63, 3.8) is 0 Å². The van der Waals surface area contributed by atoms with Gasteiger partial charge in [-0.25, -0.2) is 4.79 Å². The van der Waals surface area contributed by atoms with Gasteiger partial charge in [-0.1, -0.05) is 27.7 Å². The van der Waals surface area contributed by atoms with Gasteiger partial charge < -0.3 is 10.5 Å². The van der Waals surface area contributed by atoms with Crippen molar-refractivity contribution in [2.75, 3.05) is 0 Å². The molecule has 0 radical (unpaired) electrons. The molecule has 0 spiro atoms. The van der Waals surface area contributed by atoms with E-state index < -0.39 is 24.0 Å². The minimum atomic E-state index is -0.996. The molecule has 0 unspecified atom stereocenters.